The van der Waals surface area contributed by atoms with E-state index in [0.29, 0.717) is 6.54 Å². The topological polar surface area (TPSA) is 50.4 Å². The number of nitrogens with one attached hydrogen (secondary N) is 2. The van der Waals surface area contributed by atoms with Gasteiger partial charge in [0.1, 0.15) is 5.75 Å². The van der Waals surface area contributed by atoms with E-state index >= 15 is 0 Å². The summed E-state index contributed by atoms with van der Waals surface area (Å²) in [6, 6.07) is 7.33. The Morgan fingerprint density at radius 2 is 2.06 bits per heavy atom. The Hall–Kier alpha value is -1.97. The Morgan fingerprint density at radius 3 is 2.62 bits per heavy atom. The molecule has 2 N–H and O–H groups in total. The molecule has 86 valence electrons. The van der Waals surface area contributed by atoms with Crippen molar-refractivity contribution >= 4 is 6.03 Å². The van der Waals surface area contributed by atoms with Crippen LogP contribution in [0.5, 0.6) is 5.75 Å². The fourth-order valence-corrected chi connectivity index (χ4v) is 1.14. The van der Waals surface area contributed by atoms with Gasteiger partial charge in [0.15, 0.2) is 0 Å². The van der Waals surface area contributed by atoms with Crippen molar-refractivity contribution in [1.82, 2.24) is 10.6 Å². The molecular weight excluding hydrogens is 204 g/mol. The predicted octanol–water partition coefficient (Wildman–Crippen LogP) is 2.03. The second-order valence-electron chi connectivity index (χ2n) is 3.18. The van der Waals surface area contributed by atoms with Crippen LogP contribution >= 0.6 is 0 Å². The molecule has 0 aliphatic rings. The first kappa shape index (κ1) is 12.1. The van der Waals surface area contributed by atoms with Crippen molar-refractivity contribution in [1.29, 1.82) is 0 Å². The highest BCUT2D eigenvalue weighted by molar-refractivity contribution is 5.74. The minimum atomic E-state index is -0.214. The van der Waals surface area contributed by atoms with E-state index in [-0.39, 0.29) is 6.03 Å². The van der Waals surface area contributed by atoms with Crippen LogP contribution in [-0.4, -0.2) is 13.1 Å². The van der Waals surface area contributed by atoms with Gasteiger partial charge in [-0.15, -0.1) is 0 Å². The Bertz CT molecular complexity index is 358. The first-order valence-corrected chi connectivity index (χ1v) is 5.04. The van der Waals surface area contributed by atoms with E-state index in [0.717, 1.165) is 11.3 Å². The van der Waals surface area contributed by atoms with Gasteiger partial charge in [0.25, 0.3) is 0 Å². The molecule has 0 bridgehead atoms. The lowest BCUT2D eigenvalue weighted by atomic mass is 10.2. The third-order valence-electron chi connectivity index (χ3n) is 1.99. The van der Waals surface area contributed by atoms with Crippen LogP contribution in [0.1, 0.15) is 12.5 Å². The average Bonchev–Trinajstić information content (AvgIpc) is 2.34. The molecule has 4 heteroatoms. The maximum Gasteiger partial charge on any atom is 0.319 e. The van der Waals surface area contributed by atoms with Crippen molar-refractivity contribution < 1.29 is 9.53 Å². The number of urea groups is 1. The molecule has 0 fully saturated rings. The van der Waals surface area contributed by atoms with E-state index < -0.39 is 0 Å². The van der Waals surface area contributed by atoms with Crippen LogP contribution in [-0.2, 0) is 6.54 Å². The number of methoxy groups -OCH3 is 1. The molecule has 1 aromatic carbocycles. The van der Waals surface area contributed by atoms with Gasteiger partial charge < -0.3 is 15.4 Å². The van der Waals surface area contributed by atoms with Gasteiger partial charge in [-0.05, 0) is 24.6 Å². The molecule has 0 unspecified atom stereocenters. The van der Waals surface area contributed by atoms with Crippen molar-refractivity contribution in [3.05, 3.63) is 42.1 Å². The molecule has 0 saturated carbocycles. The lowest BCUT2D eigenvalue weighted by Crippen LogP contribution is -2.31. The molecule has 0 aromatic heterocycles. The number of benzene rings is 1. The Morgan fingerprint density at radius 1 is 1.38 bits per heavy atom. The maximum absolute atomic E-state index is 11.2. The Kier molecular flexibility index (Phi) is 4.92. The fourth-order valence-electron chi connectivity index (χ4n) is 1.14. The van der Waals surface area contributed by atoms with E-state index in [2.05, 4.69) is 10.6 Å². The van der Waals surface area contributed by atoms with E-state index in [1.54, 1.807) is 19.4 Å². The number of hydrogen-bond acceptors (Lipinski definition) is 2. The van der Waals surface area contributed by atoms with Gasteiger partial charge in [-0.1, -0.05) is 18.2 Å². The molecule has 0 radical (unpaired) electrons. The third kappa shape index (κ3) is 4.04. The zero-order valence-corrected chi connectivity index (χ0v) is 9.49. The van der Waals surface area contributed by atoms with Crippen LogP contribution in [0.2, 0.25) is 0 Å². The number of amides is 2. The molecule has 0 aliphatic carbocycles. The van der Waals surface area contributed by atoms with Crippen LogP contribution in [0.15, 0.2) is 36.5 Å². The molecule has 0 aliphatic heterocycles. The zero-order chi connectivity index (χ0) is 11.8. The first-order chi connectivity index (χ1) is 7.76. The van der Waals surface area contributed by atoms with Crippen molar-refractivity contribution in [2.45, 2.75) is 13.5 Å². The largest absolute Gasteiger partial charge is 0.497 e. The predicted molar refractivity (Wildman–Crippen MR) is 63.2 cm³/mol. The van der Waals surface area contributed by atoms with Gasteiger partial charge in [0.2, 0.25) is 0 Å². The summed E-state index contributed by atoms with van der Waals surface area (Å²) in [5, 5.41) is 5.30. The lowest BCUT2D eigenvalue weighted by molar-refractivity contribution is 0.243. The minimum absolute atomic E-state index is 0.214. The molecule has 16 heavy (non-hydrogen) atoms. The zero-order valence-electron chi connectivity index (χ0n) is 9.49. The van der Waals surface area contributed by atoms with Crippen LogP contribution < -0.4 is 15.4 Å². The summed E-state index contributed by atoms with van der Waals surface area (Å²) in [5.74, 6) is 0.808. The van der Waals surface area contributed by atoms with Gasteiger partial charge in [-0.2, -0.15) is 0 Å². The summed E-state index contributed by atoms with van der Waals surface area (Å²) in [6.07, 6.45) is 3.34. The Balaban J connectivity index is 2.39. The quantitative estimate of drug-likeness (QED) is 0.815. The molecule has 0 heterocycles. The van der Waals surface area contributed by atoms with Crippen molar-refractivity contribution in [2.75, 3.05) is 7.11 Å². The molecule has 2 amide bonds. The van der Waals surface area contributed by atoms with Gasteiger partial charge in [-0.25, -0.2) is 4.79 Å². The monoisotopic (exact) mass is 220 g/mol. The highest BCUT2D eigenvalue weighted by Crippen LogP contribution is 2.10. The smallest absolute Gasteiger partial charge is 0.319 e. The van der Waals surface area contributed by atoms with Gasteiger partial charge in [-0.3, -0.25) is 0 Å². The summed E-state index contributed by atoms with van der Waals surface area (Å²) < 4.78 is 5.04. The summed E-state index contributed by atoms with van der Waals surface area (Å²) in [7, 11) is 1.62. The molecule has 0 spiro atoms. The average molecular weight is 220 g/mol. The van der Waals surface area contributed by atoms with Crippen LogP contribution in [0.4, 0.5) is 4.79 Å². The molecule has 4 nitrogen and oxygen atoms in total. The molecule has 0 saturated heterocycles. The van der Waals surface area contributed by atoms with E-state index in [4.69, 9.17) is 4.74 Å². The van der Waals surface area contributed by atoms with Crippen molar-refractivity contribution in [3.8, 4) is 5.75 Å². The lowest BCUT2D eigenvalue weighted by Gasteiger charge is -2.05. The van der Waals surface area contributed by atoms with Gasteiger partial charge >= 0.3 is 6.03 Å². The number of ether oxygens (including phenoxy) is 1. The minimum Gasteiger partial charge on any atom is -0.497 e. The van der Waals surface area contributed by atoms with Crippen molar-refractivity contribution in [2.24, 2.45) is 0 Å². The Labute approximate surface area is 95.3 Å². The van der Waals surface area contributed by atoms with E-state index in [1.807, 2.05) is 31.2 Å². The summed E-state index contributed by atoms with van der Waals surface area (Å²) in [5.41, 5.74) is 1.02. The number of allylic oxidation sites excluding steroid dienone is 1. The first-order valence-electron chi connectivity index (χ1n) is 5.04. The highest BCUT2D eigenvalue weighted by Gasteiger charge is 1.98. The number of carbonyl (C=O) groups is 1. The standard InChI is InChI=1S/C12H16N2O2/c1-3-8-13-12(15)14-9-10-4-6-11(16-2)7-5-10/h3-8H,9H2,1-2H3,(H2,13,14,15)/b8-3+. The van der Waals surface area contributed by atoms with Crippen molar-refractivity contribution in [3.63, 3.8) is 0 Å². The van der Waals surface area contributed by atoms with Crippen LogP contribution in [0.3, 0.4) is 0 Å². The SMILES string of the molecule is C/C=C/NC(=O)NCc1ccc(OC)cc1. The van der Waals surface area contributed by atoms with Crippen LogP contribution in [0.25, 0.3) is 0 Å². The van der Waals surface area contributed by atoms with E-state index in [1.165, 1.54) is 0 Å². The fraction of sp³-hybridized carbons (Fsp3) is 0.250. The number of rotatable bonds is 4. The molecular formula is C12H16N2O2. The van der Waals surface area contributed by atoms with E-state index in [9.17, 15) is 4.79 Å². The summed E-state index contributed by atoms with van der Waals surface area (Å²) >= 11 is 0. The maximum atomic E-state index is 11.2. The molecule has 1 aromatic rings. The second-order valence-corrected chi connectivity index (χ2v) is 3.18. The number of hydrogen-bond donors (Lipinski definition) is 2. The number of carbonyl (C=O) groups excluding carboxylic acids is 1. The van der Waals surface area contributed by atoms with Crippen LogP contribution in [0, 0.1) is 0 Å². The molecule has 1 rings (SSSR count). The molecule has 0 atom stereocenters. The normalized spacial score (nSPS) is 10.1. The third-order valence-corrected chi connectivity index (χ3v) is 1.99. The summed E-state index contributed by atoms with van der Waals surface area (Å²) in [4.78, 5) is 11.2. The van der Waals surface area contributed by atoms with Gasteiger partial charge in [0.05, 0.1) is 7.11 Å². The highest BCUT2D eigenvalue weighted by atomic mass is 16.5. The second kappa shape index (κ2) is 6.50. The summed E-state index contributed by atoms with van der Waals surface area (Å²) in [6.45, 7) is 2.33. The van der Waals surface area contributed by atoms with Gasteiger partial charge in [0, 0.05) is 12.7 Å².